The molecular weight excluding hydrogens is 220 g/mol. The number of ether oxygens (including phenoxy) is 1. The zero-order valence-electron chi connectivity index (χ0n) is 9.43. The molecule has 0 rings (SSSR count). The van der Waals surface area contributed by atoms with Crippen molar-refractivity contribution in [1.82, 2.24) is 9.03 Å². The third-order valence-corrected chi connectivity index (χ3v) is 3.78. The number of aliphatic hydroxyl groups is 1. The maximum Gasteiger partial charge on any atom is 0.279 e. The molecule has 2 N–H and O–H groups in total. The van der Waals surface area contributed by atoms with E-state index in [9.17, 15) is 8.42 Å². The van der Waals surface area contributed by atoms with E-state index < -0.39 is 16.3 Å². The molecule has 0 aromatic carbocycles. The molecule has 0 fully saturated rings. The molecule has 0 radical (unpaired) electrons. The van der Waals surface area contributed by atoms with Gasteiger partial charge >= 0.3 is 0 Å². The molecule has 1 unspecified atom stereocenters. The molecule has 0 saturated heterocycles. The van der Waals surface area contributed by atoms with Crippen LogP contribution in [0.4, 0.5) is 0 Å². The summed E-state index contributed by atoms with van der Waals surface area (Å²) in [6.07, 6.45) is 0. The van der Waals surface area contributed by atoms with Crippen LogP contribution < -0.4 is 4.72 Å². The van der Waals surface area contributed by atoms with Crippen molar-refractivity contribution < 1.29 is 18.3 Å². The molecule has 6 nitrogen and oxygen atoms in total. The third-order valence-electron chi connectivity index (χ3n) is 1.95. The van der Waals surface area contributed by atoms with Gasteiger partial charge in [0.25, 0.3) is 10.2 Å². The first-order chi connectivity index (χ1) is 7.01. The van der Waals surface area contributed by atoms with Gasteiger partial charge < -0.3 is 9.84 Å². The molecule has 0 bridgehead atoms. The van der Waals surface area contributed by atoms with Crippen LogP contribution in [0.5, 0.6) is 0 Å². The minimum Gasteiger partial charge on any atom is -0.395 e. The Morgan fingerprint density at radius 1 is 1.40 bits per heavy atom. The van der Waals surface area contributed by atoms with Crippen LogP contribution in [0.25, 0.3) is 0 Å². The normalized spacial score (nSPS) is 14.5. The lowest BCUT2D eigenvalue weighted by Gasteiger charge is -2.22. The Balaban J connectivity index is 4.46. The minimum atomic E-state index is -3.51. The molecule has 0 amide bonds. The van der Waals surface area contributed by atoms with Crippen molar-refractivity contribution in [2.24, 2.45) is 0 Å². The fourth-order valence-corrected chi connectivity index (χ4v) is 2.57. The highest BCUT2D eigenvalue weighted by atomic mass is 32.2. The molecule has 1 atom stereocenters. The lowest BCUT2D eigenvalue weighted by Crippen LogP contribution is -2.48. The van der Waals surface area contributed by atoms with Gasteiger partial charge in [-0.3, -0.25) is 0 Å². The van der Waals surface area contributed by atoms with E-state index in [1.54, 1.807) is 13.8 Å². The van der Waals surface area contributed by atoms with E-state index in [-0.39, 0.29) is 13.2 Å². The Kier molecular flexibility index (Phi) is 7.03. The number of methoxy groups -OCH3 is 1. The molecule has 0 spiro atoms. The van der Waals surface area contributed by atoms with Crippen LogP contribution in [0.2, 0.25) is 0 Å². The quantitative estimate of drug-likeness (QED) is 0.580. The number of nitrogens with one attached hydrogen (secondary N) is 1. The summed E-state index contributed by atoms with van der Waals surface area (Å²) < 4.78 is 31.8. The number of rotatable bonds is 8. The van der Waals surface area contributed by atoms with Crippen LogP contribution in [0.1, 0.15) is 13.8 Å². The predicted molar refractivity (Wildman–Crippen MR) is 57.7 cm³/mol. The van der Waals surface area contributed by atoms with Crippen LogP contribution in [0, 0.1) is 0 Å². The summed E-state index contributed by atoms with van der Waals surface area (Å²) >= 11 is 0. The molecule has 0 aliphatic carbocycles. The second-order valence-electron chi connectivity index (χ2n) is 3.04. The Hall–Kier alpha value is -0.210. The van der Waals surface area contributed by atoms with Gasteiger partial charge in [-0.05, 0) is 0 Å². The van der Waals surface area contributed by atoms with Crippen LogP contribution in [0.15, 0.2) is 0 Å². The van der Waals surface area contributed by atoms with E-state index in [1.165, 1.54) is 11.4 Å². The Morgan fingerprint density at radius 2 is 1.93 bits per heavy atom. The maximum absolute atomic E-state index is 11.7. The van der Waals surface area contributed by atoms with E-state index in [0.29, 0.717) is 13.1 Å². The second-order valence-corrected chi connectivity index (χ2v) is 4.74. The SMILES string of the molecule is CCN(CC)S(=O)(=O)NC(CO)COC. The number of aliphatic hydroxyl groups excluding tert-OH is 1. The highest BCUT2D eigenvalue weighted by Crippen LogP contribution is 1.98. The fraction of sp³-hybridized carbons (Fsp3) is 1.00. The van der Waals surface area contributed by atoms with E-state index in [4.69, 9.17) is 9.84 Å². The van der Waals surface area contributed by atoms with E-state index in [2.05, 4.69) is 4.72 Å². The Morgan fingerprint density at radius 3 is 2.27 bits per heavy atom. The summed E-state index contributed by atoms with van der Waals surface area (Å²) in [6.45, 7) is 4.18. The van der Waals surface area contributed by atoms with Crippen LogP contribution >= 0.6 is 0 Å². The molecule has 92 valence electrons. The molecule has 7 heteroatoms. The van der Waals surface area contributed by atoms with Crippen molar-refractivity contribution >= 4 is 10.2 Å². The van der Waals surface area contributed by atoms with Crippen molar-refractivity contribution in [3.05, 3.63) is 0 Å². The standard InChI is InChI=1S/C8H20N2O4S/c1-4-10(5-2)15(12,13)9-8(6-11)7-14-3/h8-9,11H,4-7H2,1-3H3. The first-order valence-electron chi connectivity index (χ1n) is 4.89. The average molecular weight is 240 g/mol. The first kappa shape index (κ1) is 14.8. The smallest absolute Gasteiger partial charge is 0.279 e. The molecule has 0 aliphatic heterocycles. The van der Waals surface area contributed by atoms with Gasteiger partial charge in [-0.2, -0.15) is 17.4 Å². The predicted octanol–water partition coefficient (Wildman–Crippen LogP) is -0.830. The monoisotopic (exact) mass is 240 g/mol. The summed E-state index contributed by atoms with van der Waals surface area (Å²) in [5.41, 5.74) is 0. The molecule has 0 aliphatic rings. The van der Waals surface area contributed by atoms with E-state index in [0.717, 1.165) is 0 Å². The van der Waals surface area contributed by atoms with Gasteiger partial charge in [0.05, 0.1) is 19.3 Å². The van der Waals surface area contributed by atoms with Gasteiger partial charge in [-0.1, -0.05) is 13.8 Å². The van der Waals surface area contributed by atoms with Crippen LogP contribution in [-0.2, 0) is 14.9 Å². The summed E-state index contributed by atoms with van der Waals surface area (Å²) in [6, 6.07) is -0.597. The van der Waals surface area contributed by atoms with Gasteiger partial charge in [0.15, 0.2) is 0 Å². The number of nitrogens with zero attached hydrogens (tertiary/aromatic N) is 1. The van der Waals surface area contributed by atoms with Crippen LogP contribution in [0.3, 0.4) is 0 Å². The summed E-state index contributed by atoms with van der Waals surface area (Å²) in [7, 11) is -2.06. The minimum absolute atomic E-state index is 0.150. The lowest BCUT2D eigenvalue weighted by molar-refractivity contribution is 0.138. The van der Waals surface area contributed by atoms with Crippen molar-refractivity contribution in [1.29, 1.82) is 0 Å². The number of hydrogen-bond donors (Lipinski definition) is 2. The molecule has 15 heavy (non-hydrogen) atoms. The third kappa shape index (κ3) is 4.89. The van der Waals surface area contributed by atoms with E-state index >= 15 is 0 Å². The van der Waals surface area contributed by atoms with Gasteiger partial charge in [-0.25, -0.2) is 0 Å². The Labute approximate surface area is 91.4 Å². The van der Waals surface area contributed by atoms with Gasteiger partial charge in [-0.15, -0.1) is 0 Å². The molecule has 0 heterocycles. The van der Waals surface area contributed by atoms with Gasteiger partial charge in [0.2, 0.25) is 0 Å². The molecule has 0 aromatic heterocycles. The Bertz CT molecular complexity index is 251. The summed E-state index contributed by atoms with van der Waals surface area (Å²) in [4.78, 5) is 0. The van der Waals surface area contributed by atoms with E-state index in [1.807, 2.05) is 0 Å². The molecule has 0 aromatic rings. The zero-order valence-corrected chi connectivity index (χ0v) is 10.2. The van der Waals surface area contributed by atoms with Crippen molar-refractivity contribution in [2.75, 3.05) is 33.4 Å². The largest absolute Gasteiger partial charge is 0.395 e. The maximum atomic E-state index is 11.7. The fourth-order valence-electron chi connectivity index (χ4n) is 1.17. The topological polar surface area (TPSA) is 78.9 Å². The van der Waals surface area contributed by atoms with Crippen molar-refractivity contribution in [3.8, 4) is 0 Å². The average Bonchev–Trinajstić information content (AvgIpc) is 2.18. The highest BCUT2D eigenvalue weighted by molar-refractivity contribution is 7.87. The lowest BCUT2D eigenvalue weighted by atomic mass is 10.4. The van der Waals surface area contributed by atoms with Gasteiger partial charge in [0.1, 0.15) is 0 Å². The van der Waals surface area contributed by atoms with Gasteiger partial charge in [0, 0.05) is 20.2 Å². The number of hydrogen-bond acceptors (Lipinski definition) is 4. The zero-order chi connectivity index (χ0) is 11.9. The first-order valence-corrected chi connectivity index (χ1v) is 6.33. The van der Waals surface area contributed by atoms with Crippen molar-refractivity contribution in [3.63, 3.8) is 0 Å². The van der Waals surface area contributed by atoms with Crippen LogP contribution in [-0.4, -0.2) is 57.3 Å². The molecular formula is C8H20N2O4S. The van der Waals surface area contributed by atoms with Crippen molar-refractivity contribution in [2.45, 2.75) is 19.9 Å². The summed E-state index contributed by atoms with van der Waals surface area (Å²) in [5.74, 6) is 0. The second kappa shape index (κ2) is 7.13. The summed E-state index contributed by atoms with van der Waals surface area (Å²) in [5, 5.41) is 8.92. The highest BCUT2D eigenvalue weighted by Gasteiger charge is 2.22. The molecule has 0 saturated carbocycles.